The summed E-state index contributed by atoms with van der Waals surface area (Å²) in [6.45, 7) is 5.00. The first-order valence-electron chi connectivity index (χ1n) is 5.22. The monoisotopic (exact) mass is 211 g/mol. The van der Waals surface area contributed by atoms with Crippen molar-refractivity contribution in [2.45, 2.75) is 32.7 Å². The van der Waals surface area contributed by atoms with E-state index >= 15 is 0 Å². The molecule has 0 spiro atoms. The fourth-order valence-electron chi connectivity index (χ4n) is 1.82. The number of nitrogens with zero attached hydrogens (tertiary/aromatic N) is 2. The van der Waals surface area contributed by atoms with Crippen molar-refractivity contribution < 1.29 is 0 Å². The molecule has 78 valence electrons. The fourth-order valence-corrected chi connectivity index (χ4v) is 2.81. The predicted octanol–water partition coefficient (Wildman–Crippen LogP) is 1.90. The summed E-state index contributed by atoms with van der Waals surface area (Å²) in [5.74, 6) is 0. The van der Waals surface area contributed by atoms with Crippen LogP contribution in [0.5, 0.6) is 0 Å². The minimum Gasteiger partial charge on any atom is -0.348 e. The van der Waals surface area contributed by atoms with Crippen LogP contribution in [0.3, 0.4) is 0 Å². The maximum Gasteiger partial charge on any atom is 0.185 e. The summed E-state index contributed by atoms with van der Waals surface area (Å²) in [6, 6.07) is 0. The van der Waals surface area contributed by atoms with Crippen LogP contribution in [-0.2, 0) is 6.54 Å². The Morgan fingerprint density at radius 1 is 1.36 bits per heavy atom. The van der Waals surface area contributed by atoms with E-state index in [-0.39, 0.29) is 0 Å². The topological polar surface area (TPSA) is 42.2 Å². The van der Waals surface area contributed by atoms with E-state index in [1.54, 1.807) is 11.3 Å². The first kappa shape index (κ1) is 9.93. The first-order chi connectivity index (χ1) is 6.81. The number of aromatic nitrogens is 1. The van der Waals surface area contributed by atoms with Gasteiger partial charge in [-0.25, -0.2) is 4.98 Å². The highest BCUT2D eigenvalue weighted by Crippen LogP contribution is 2.27. The van der Waals surface area contributed by atoms with Gasteiger partial charge in [-0.1, -0.05) is 0 Å². The molecule has 1 aromatic rings. The predicted molar refractivity (Wildman–Crippen MR) is 60.8 cm³/mol. The maximum atomic E-state index is 5.65. The van der Waals surface area contributed by atoms with E-state index in [1.807, 2.05) is 6.92 Å². The van der Waals surface area contributed by atoms with Crippen molar-refractivity contribution in [2.24, 2.45) is 5.73 Å². The van der Waals surface area contributed by atoms with E-state index in [2.05, 4.69) is 9.88 Å². The standard InChI is InChI=1S/C10H17N3S/c1-8-9(7-11)14-10(12-8)13-5-3-2-4-6-13/h2-7,11H2,1H3. The molecule has 2 heterocycles. The zero-order chi connectivity index (χ0) is 9.97. The Morgan fingerprint density at radius 3 is 2.64 bits per heavy atom. The second-order valence-corrected chi connectivity index (χ2v) is 4.82. The normalized spacial score (nSPS) is 17.4. The summed E-state index contributed by atoms with van der Waals surface area (Å²) in [5.41, 5.74) is 6.75. The van der Waals surface area contributed by atoms with E-state index in [4.69, 9.17) is 5.73 Å². The zero-order valence-corrected chi connectivity index (χ0v) is 9.44. The average Bonchev–Trinajstić information content (AvgIpc) is 2.61. The molecule has 0 radical (unpaired) electrons. The number of rotatable bonds is 2. The lowest BCUT2D eigenvalue weighted by Crippen LogP contribution is -2.29. The zero-order valence-electron chi connectivity index (χ0n) is 8.62. The lowest BCUT2D eigenvalue weighted by atomic mass is 10.1. The van der Waals surface area contributed by atoms with Gasteiger partial charge in [0.15, 0.2) is 5.13 Å². The van der Waals surface area contributed by atoms with Gasteiger partial charge < -0.3 is 10.6 Å². The van der Waals surface area contributed by atoms with Gasteiger partial charge in [0.1, 0.15) is 0 Å². The van der Waals surface area contributed by atoms with Gasteiger partial charge in [-0.2, -0.15) is 0 Å². The summed E-state index contributed by atoms with van der Waals surface area (Å²) in [6.07, 6.45) is 3.97. The molecule has 2 rings (SSSR count). The van der Waals surface area contributed by atoms with Gasteiger partial charge in [0.2, 0.25) is 0 Å². The summed E-state index contributed by atoms with van der Waals surface area (Å²) < 4.78 is 0. The molecule has 14 heavy (non-hydrogen) atoms. The summed E-state index contributed by atoms with van der Waals surface area (Å²) in [5, 5.41) is 1.17. The lowest BCUT2D eigenvalue weighted by molar-refractivity contribution is 0.576. The molecule has 0 aromatic carbocycles. The van der Waals surface area contributed by atoms with Crippen molar-refractivity contribution in [3.63, 3.8) is 0 Å². The van der Waals surface area contributed by atoms with Crippen LogP contribution in [0.4, 0.5) is 5.13 Å². The quantitative estimate of drug-likeness (QED) is 0.812. The van der Waals surface area contributed by atoms with Crippen LogP contribution in [-0.4, -0.2) is 18.1 Å². The largest absolute Gasteiger partial charge is 0.348 e. The van der Waals surface area contributed by atoms with E-state index < -0.39 is 0 Å². The lowest BCUT2D eigenvalue weighted by Gasteiger charge is -2.25. The SMILES string of the molecule is Cc1nc(N2CCCCC2)sc1CN. The first-order valence-corrected chi connectivity index (χ1v) is 6.04. The Morgan fingerprint density at radius 2 is 2.07 bits per heavy atom. The molecule has 4 heteroatoms. The van der Waals surface area contributed by atoms with Gasteiger partial charge in [0, 0.05) is 24.5 Å². The summed E-state index contributed by atoms with van der Waals surface area (Å²) >= 11 is 1.76. The molecule has 1 saturated heterocycles. The van der Waals surface area contributed by atoms with E-state index in [9.17, 15) is 0 Å². The van der Waals surface area contributed by atoms with E-state index in [0.717, 1.165) is 18.8 Å². The van der Waals surface area contributed by atoms with Crippen LogP contribution in [0.25, 0.3) is 0 Å². The highest BCUT2D eigenvalue weighted by Gasteiger charge is 2.15. The molecule has 0 bridgehead atoms. The van der Waals surface area contributed by atoms with Gasteiger partial charge in [-0.3, -0.25) is 0 Å². The van der Waals surface area contributed by atoms with Crippen LogP contribution in [0.1, 0.15) is 29.8 Å². The van der Waals surface area contributed by atoms with Gasteiger partial charge in [-0.05, 0) is 26.2 Å². The fraction of sp³-hybridized carbons (Fsp3) is 0.700. The molecule has 1 aliphatic rings. The Labute approximate surface area is 88.9 Å². The van der Waals surface area contributed by atoms with Crippen LogP contribution < -0.4 is 10.6 Å². The molecule has 0 saturated carbocycles. The van der Waals surface area contributed by atoms with E-state index in [0.29, 0.717) is 6.54 Å². The van der Waals surface area contributed by atoms with E-state index in [1.165, 1.54) is 29.3 Å². The van der Waals surface area contributed by atoms with Crippen molar-refractivity contribution >= 4 is 16.5 Å². The molecule has 0 atom stereocenters. The number of aryl methyl sites for hydroxylation is 1. The van der Waals surface area contributed by atoms with Gasteiger partial charge in [0.25, 0.3) is 0 Å². The average molecular weight is 211 g/mol. The molecule has 1 aliphatic heterocycles. The highest BCUT2D eigenvalue weighted by atomic mass is 32.1. The van der Waals surface area contributed by atoms with Crippen LogP contribution in [0, 0.1) is 6.92 Å². The molecule has 0 amide bonds. The van der Waals surface area contributed by atoms with Crippen molar-refractivity contribution in [2.75, 3.05) is 18.0 Å². The second-order valence-electron chi connectivity index (χ2n) is 3.76. The molecule has 3 nitrogen and oxygen atoms in total. The van der Waals surface area contributed by atoms with Crippen molar-refractivity contribution in [1.82, 2.24) is 4.98 Å². The Bertz CT molecular complexity index is 302. The smallest absolute Gasteiger partial charge is 0.185 e. The molecule has 1 fully saturated rings. The van der Waals surface area contributed by atoms with Crippen LogP contribution in [0.2, 0.25) is 0 Å². The maximum absolute atomic E-state index is 5.65. The van der Waals surface area contributed by atoms with Gasteiger partial charge >= 0.3 is 0 Å². The minimum atomic E-state index is 0.622. The molecular formula is C10H17N3S. The summed E-state index contributed by atoms with van der Waals surface area (Å²) in [7, 11) is 0. The highest BCUT2D eigenvalue weighted by molar-refractivity contribution is 7.15. The summed E-state index contributed by atoms with van der Waals surface area (Å²) in [4.78, 5) is 8.19. The van der Waals surface area contributed by atoms with Gasteiger partial charge in [-0.15, -0.1) is 11.3 Å². The Hall–Kier alpha value is -0.610. The minimum absolute atomic E-state index is 0.622. The third-order valence-electron chi connectivity index (χ3n) is 2.69. The molecule has 0 aliphatic carbocycles. The Balaban J connectivity index is 2.14. The third-order valence-corrected chi connectivity index (χ3v) is 3.93. The van der Waals surface area contributed by atoms with Crippen molar-refractivity contribution in [1.29, 1.82) is 0 Å². The number of nitrogens with two attached hydrogens (primary N) is 1. The third kappa shape index (κ3) is 1.91. The van der Waals surface area contributed by atoms with Crippen LogP contribution >= 0.6 is 11.3 Å². The molecular weight excluding hydrogens is 194 g/mol. The van der Waals surface area contributed by atoms with Crippen molar-refractivity contribution in [3.05, 3.63) is 10.6 Å². The van der Waals surface area contributed by atoms with Crippen molar-refractivity contribution in [3.8, 4) is 0 Å². The number of hydrogen-bond acceptors (Lipinski definition) is 4. The molecule has 1 aromatic heterocycles. The van der Waals surface area contributed by atoms with Crippen LogP contribution in [0.15, 0.2) is 0 Å². The Kier molecular flexibility index (Phi) is 3.03. The second kappa shape index (κ2) is 4.28. The molecule has 2 N–H and O–H groups in total. The molecule has 0 unspecified atom stereocenters. The van der Waals surface area contributed by atoms with Gasteiger partial charge in [0.05, 0.1) is 5.69 Å². The number of thiazole rings is 1. The number of anilines is 1. The number of piperidine rings is 1. The number of hydrogen-bond donors (Lipinski definition) is 1.